The van der Waals surface area contributed by atoms with Crippen molar-refractivity contribution in [3.05, 3.63) is 41.2 Å². The van der Waals surface area contributed by atoms with Crippen molar-refractivity contribution in [1.82, 2.24) is 4.98 Å². The largest absolute Gasteiger partial charge is 0.240 e. The molecule has 0 radical (unpaired) electrons. The lowest BCUT2D eigenvalue weighted by Crippen LogP contribution is -1.84. The van der Waals surface area contributed by atoms with Crippen molar-refractivity contribution in [2.24, 2.45) is 0 Å². The van der Waals surface area contributed by atoms with Crippen LogP contribution in [0.5, 0.6) is 0 Å². The number of rotatable bonds is 2. The highest BCUT2D eigenvalue weighted by Gasteiger charge is 2.08. The lowest BCUT2D eigenvalue weighted by atomic mass is 10.2. The van der Waals surface area contributed by atoms with E-state index >= 15 is 0 Å². The fourth-order valence-corrected chi connectivity index (χ4v) is 2.07. The third-order valence-electron chi connectivity index (χ3n) is 1.92. The van der Waals surface area contributed by atoms with E-state index in [9.17, 15) is 4.39 Å². The Morgan fingerprint density at radius 2 is 2.20 bits per heavy atom. The van der Waals surface area contributed by atoms with E-state index in [0.717, 1.165) is 0 Å². The second kappa shape index (κ2) is 4.20. The predicted octanol–water partition coefficient (Wildman–Crippen LogP) is 3.02. The molecule has 0 aliphatic rings. The van der Waals surface area contributed by atoms with Gasteiger partial charge in [-0.05, 0) is 12.1 Å². The lowest BCUT2D eigenvalue weighted by Gasteiger charge is -1.96. The van der Waals surface area contributed by atoms with Crippen molar-refractivity contribution in [3.63, 3.8) is 0 Å². The van der Waals surface area contributed by atoms with Crippen LogP contribution in [0.1, 0.15) is 5.69 Å². The highest BCUT2D eigenvalue weighted by molar-refractivity contribution is 7.13. The van der Waals surface area contributed by atoms with Gasteiger partial charge < -0.3 is 0 Å². The van der Waals surface area contributed by atoms with Crippen LogP contribution in [0.15, 0.2) is 29.6 Å². The molecule has 2 rings (SSSR count). The quantitative estimate of drug-likeness (QED) is 0.776. The Morgan fingerprint density at radius 1 is 1.40 bits per heavy atom. The first-order valence-electron chi connectivity index (χ1n) is 4.37. The molecule has 74 valence electrons. The molecule has 0 saturated heterocycles. The number of halogens is 1. The van der Waals surface area contributed by atoms with E-state index in [1.165, 1.54) is 17.4 Å². The van der Waals surface area contributed by atoms with Crippen LogP contribution in [0.3, 0.4) is 0 Å². The van der Waals surface area contributed by atoms with Crippen molar-refractivity contribution in [1.29, 1.82) is 5.26 Å². The smallest absolute Gasteiger partial charge is 0.133 e. The Balaban J connectivity index is 2.38. The predicted molar refractivity (Wildman–Crippen MR) is 56.8 cm³/mol. The van der Waals surface area contributed by atoms with Crippen LogP contribution in [0.4, 0.5) is 4.39 Å². The van der Waals surface area contributed by atoms with Crippen LogP contribution in [0.25, 0.3) is 10.6 Å². The molecule has 1 aromatic heterocycles. The number of nitriles is 1. The van der Waals surface area contributed by atoms with Gasteiger partial charge in [0.1, 0.15) is 10.8 Å². The van der Waals surface area contributed by atoms with Gasteiger partial charge in [0, 0.05) is 10.9 Å². The van der Waals surface area contributed by atoms with Crippen molar-refractivity contribution in [2.75, 3.05) is 0 Å². The van der Waals surface area contributed by atoms with Gasteiger partial charge in [0.2, 0.25) is 0 Å². The zero-order valence-electron chi connectivity index (χ0n) is 7.77. The van der Waals surface area contributed by atoms with E-state index in [4.69, 9.17) is 5.26 Å². The summed E-state index contributed by atoms with van der Waals surface area (Å²) < 4.78 is 13.4. The molecule has 2 aromatic rings. The van der Waals surface area contributed by atoms with Gasteiger partial charge in [-0.1, -0.05) is 12.1 Å². The van der Waals surface area contributed by atoms with Crippen LogP contribution in [0.2, 0.25) is 0 Å². The third kappa shape index (κ3) is 2.03. The molecule has 0 N–H and O–H groups in total. The highest BCUT2D eigenvalue weighted by Crippen LogP contribution is 2.25. The molecule has 0 atom stereocenters. The maximum atomic E-state index is 13.4. The summed E-state index contributed by atoms with van der Waals surface area (Å²) in [4.78, 5) is 4.19. The molecule has 1 heterocycles. The number of aromatic nitrogens is 1. The lowest BCUT2D eigenvalue weighted by molar-refractivity contribution is 0.631. The summed E-state index contributed by atoms with van der Waals surface area (Å²) in [7, 11) is 0. The number of benzene rings is 1. The van der Waals surface area contributed by atoms with Crippen molar-refractivity contribution in [3.8, 4) is 16.6 Å². The van der Waals surface area contributed by atoms with Crippen molar-refractivity contribution in [2.45, 2.75) is 6.42 Å². The van der Waals surface area contributed by atoms with Crippen LogP contribution in [-0.4, -0.2) is 4.98 Å². The number of nitrogens with zero attached hydrogens (tertiary/aromatic N) is 2. The summed E-state index contributed by atoms with van der Waals surface area (Å²) in [6, 6.07) is 8.51. The molecule has 2 nitrogen and oxygen atoms in total. The molecule has 0 amide bonds. The molecule has 1 aromatic carbocycles. The van der Waals surface area contributed by atoms with E-state index in [0.29, 0.717) is 16.3 Å². The van der Waals surface area contributed by atoms with Crippen LogP contribution < -0.4 is 0 Å². The van der Waals surface area contributed by atoms with Crippen molar-refractivity contribution < 1.29 is 4.39 Å². The number of thiazole rings is 1. The Labute approximate surface area is 90.6 Å². The van der Waals surface area contributed by atoms with Gasteiger partial charge in [0.05, 0.1) is 18.2 Å². The molecule has 15 heavy (non-hydrogen) atoms. The van der Waals surface area contributed by atoms with E-state index in [1.54, 1.807) is 23.6 Å². The third-order valence-corrected chi connectivity index (χ3v) is 2.84. The van der Waals surface area contributed by atoms with Gasteiger partial charge >= 0.3 is 0 Å². The number of hydrogen-bond donors (Lipinski definition) is 0. The molecular weight excluding hydrogens is 211 g/mol. The second-order valence-electron chi connectivity index (χ2n) is 2.96. The minimum absolute atomic E-state index is 0.269. The minimum Gasteiger partial charge on any atom is -0.240 e. The summed E-state index contributed by atoms with van der Waals surface area (Å²) >= 11 is 1.35. The van der Waals surface area contributed by atoms with Gasteiger partial charge in [-0.3, -0.25) is 0 Å². The molecule has 0 spiro atoms. The van der Waals surface area contributed by atoms with Gasteiger partial charge in [0.25, 0.3) is 0 Å². The van der Waals surface area contributed by atoms with Gasteiger partial charge in [-0.2, -0.15) is 5.26 Å². The molecule has 0 saturated carbocycles. The zero-order valence-corrected chi connectivity index (χ0v) is 8.59. The van der Waals surface area contributed by atoms with Crippen LogP contribution in [-0.2, 0) is 6.42 Å². The average Bonchev–Trinajstić information content (AvgIpc) is 2.68. The summed E-state index contributed by atoms with van der Waals surface area (Å²) in [5.41, 5.74) is 1.19. The van der Waals surface area contributed by atoms with E-state index < -0.39 is 0 Å². The summed E-state index contributed by atoms with van der Waals surface area (Å²) in [5, 5.41) is 10.9. The molecule has 0 bridgehead atoms. The SMILES string of the molecule is N#CCc1csc(-c2ccccc2F)n1. The van der Waals surface area contributed by atoms with Gasteiger partial charge in [-0.25, -0.2) is 9.37 Å². The highest BCUT2D eigenvalue weighted by atomic mass is 32.1. The molecule has 0 unspecified atom stereocenters. The first kappa shape index (κ1) is 9.81. The maximum absolute atomic E-state index is 13.4. The molecule has 0 fully saturated rings. The van der Waals surface area contributed by atoms with E-state index in [1.807, 2.05) is 6.07 Å². The van der Waals surface area contributed by atoms with Crippen LogP contribution >= 0.6 is 11.3 Å². The fourth-order valence-electron chi connectivity index (χ4n) is 1.23. The van der Waals surface area contributed by atoms with Gasteiger partial charge in [-0.15, -0.1) is 11.3 Å². The van der Waals surface area contributed by atoms with E-state index in [-0.39, 0.29) is 12.2 Å². The molecule has 0 aliphatic heterocycles. The van der Waals surface area contributed by atoms with Crippen molar-refractivity contribution >= 4 is 11.3 Å². The molecule has 4 heteroatoms. The molecular formula is C11H7FN2S. The Kier molecular flexibility index (Phi) is 2.75. The van der Waals surface area contributed by atoms with E-state index in [2.05, 4.69) is 4.98 Å². The van der Waals surface area contributed by atoms with Crippen LogP contribution in [0, 0.1) is 17.1 Å². The topological polar surface area (TPSA) is 36.7 Å². The normalized spacial score (nSPS) is 9.87. The first-order valence-corrected chi connectivity index (χ1v) is 5.25. The summed E-state index contributed by atoms with van der Waals surface area (Å²) in [6.45, 7) is 0. The standard InChI is InChI=1S/C11H7FN2S/c12-10-4-2-1-3-9(10)11-14-8(5-6-13)7-15-11/h1-4,7H,5H2. The van der Waals surface area contributed by atoms with Gasteiger partial charge in [0.15, 0.2) is 0 Å². The fraction of sp³-hybridized carbons (Fsp3) is 0.0909. The summed E-state index contributed by atoms with van der Waals surface area (Å²) in [5.74, 6) is -0.282. The maximum Gasteiger partial charge on any atom is 0.133 e. The molecule has 0 aliphatic carbocycles. The average molecular weight is 218 g/mol. The summed E-state index contributed by atoms with van der Waals surface area (Å²) in [6.07, 6.45) is 0.269. The Morgan fingerprint density at radius 3 is 2.93 bits per heavy atom. The number of hydrogen-bond acceptors (Lipinski definition) is 3. The first-order chi connectivity index (χ1) is 7.31. The monoisotopic (exact) mass is 218 g/mol. The Bertz CT molecular complexity index is 513. The zero-order chi connectivity index (χ0) is 10.7. The Hall–Kier alpha value is -1.73. The minimum atomic E-state index is -0.282. The second-order valence-corrected chi connectivity index (χ2v) is 3.82.